The summed E-state index contributed by atoms with van der Waals surface area (Å²) in [6, 6.07) is 8.13. The van der Waals surface area contributed by atoms with E-state index in [1.165, 1.54) is 6.07 Å². The van der Waals surface area contributed by atoms with Gasteiger partial charge in [-0.1, -0.05) is 17.7 Å². The number of hydrogen-bond donors (Lipinski definition) is 2. The highest BCUT2D eigenvalue weighted by molar-refractivity contribution is 9.11. The zero-order valence-corrected chi connectivity index (χ0v) is 17.7. The smallest absolute Gasteiger partial charge is 0.355 e. The van der Waals surface area contributed by atoms with Gasteiger partial charge in [0.25, 0.3) is 0 Å². The Morgan fingerprint density at radius 2 is 1.64 bits per heavy atom. The van der Waals surface area contributed by atoms with Crippen LogP contribution in [0.2, 0.25) is 0 Å². The fraction of sp³-hybridized carbons (Fsp3) is 0. The molecule has 2 aromatic rings. The molecule has 128 valence electrons. The zero-order chi connectivity index (χ0) is 18.3. The second-order valence-corrected chi connectivity index (χ2v) is 8.03. The van der Waals surface area contributed by atoms with Crippen molar-refractivity contribution in [2.45, 2.75) is 0 Å². The molecule has 25 heavy (non-hydrogen) atoms. The van der Waals surface area contributed by atoms with E-state index in [0.717, 1.165) is 0 Å². The second-order valence-electron chi connectivity index (χ2n) is 5.09. The van der Waals surface area contributed by atoms with Crippen molar-refractivity contribution in [2.24, 2.45) is 0 Å². The van der Waals surface area contributed by atoms with E-state index in [2.05, 4.69) is 47.8 Å². The normalized spacial score (nSPS) is 15.8. The molecule has 0 fully saturated rings. The monoisotopic (exact) mass is 548 g/mol. The van der Waals surface area contributed by atoms with Gasteiger partial charge in [0, 0.05) is 0 Å². The number of phenolic OH excluding ortho intramolecular Hbond substituents is 2. The maximum Gasteiger partial charge on any atom is 0.355 e. The summed E-state index contributed by atoms with van der Waals surface area (Å²) in [5, 5.41) is 19.4. The maximum absolute atomic E-state index is 11.9. The molecule has 0 amide bonds. The van der Waals surface area contributed by atoms with Gasteiger partial charge in [-0.3, -0.25) is 0 Å². The Hall–Kier alpha value is -1.28. The summed E-state index contributed by atoms with van der Waals surface area (Å²) >= 11 is 15.9. The van der Waals surface area contributed by atoms with Crippen LogP contribution >= 0.6 is 59.4 Å². The van der Waals surface area contributed by atoms with Gasteiger partial charge in [0.05, 0.1) is 19.0 Å². The number of carbonyl (C=O) groups excluding carboxylic acids is 1. The van der Waals surface area contributed by atoms with Gasteiger partial charge in [-0.2, -0.15) is 0 Å². The van der Waals surface area contributed by atoms with Gasteiger partial charge in [-0.15, -0.1) is 0 Å². The molecule has 0 spiro atoms. The number of hydrogen-bond acceptors (Lipinski definition) is 4. The van der Waals surface area contributed by atoms with E-state index >= 15 is 0 Å². The number of allylic oxidation sites excluding steroid dienone is 1. The first kappa shape index (κ1) is 18.5. The summed E-state index contributed by atoms with van der Waals surface area (Å²) < 4.78 is 6.71. The third kappa shape index (κ3) is 3.65. The van der Waals surface area contributed by atoms with Crippen molar-refractivity contribution in [3.05, 3.63) is 65.7 Å². The topological polar surface area (TPSA) is 66.8 Å². The van der Waals surface area contributed by atoms with Crippen LogP contribution in [0, 0.1) is 0 Å². The van der Waals surface area contributed by atoms with Crippen LogP contribution in [0.5, 0.6) is 11.5 Å². The van der Waals surface area contributed by atoms with Crippen LogP contribution in [0.3, 0.4) is 0 Å². The molecule has 2 N–H and O–H groups in total. The molecule has 1 heterocycles. The minimum Gasteiger partial charge on any atom is -0.507 e. The lowest BCUT2D eigenvalue weighted by atomic mass is 10.0. The highest BCUT2D eigenvalue weighted by Crippen LogP contribution is 2.41. The molecular formula is C17H8Br3ClO4. The fourth-order valence-electron chi connectivity index (χ4n) is 2.26. The zero-order valence-electron chi connectivity index (χ0n) is 12.2. The SMILES string of the molecule is O=C1O/C(=C\c2cc(Br)c(O)c(Br)c2)C(c2ccc(O)c(Br)c2)=C1Cl. The molecule has 1 aliphatic heterocycles. The van der Waals surface area contributed by atoms with E-state index < -0.39 is 5.97 Å². The van der Waals surface area contributed by atoms with Crippen LogP contribution in [-0.4, -0.2) is 16.2 Å². The van der Waals surface area contributed by atoms with E-state index in [-0.39, 0.29) is 22.3 Å². The summed E-state index contributed by atoms with van der Waals surface area (Å²) in [6.07, 6.45) is 1.64. The quantitative estimate of drug-likeness (QED) is 0.454. The van der Waals surface area contributed by atoms with E-state index in [0.29, 0.717) is 30.1 Å². The third-order valence-corrected chi connectivity index (χ3v) is 5.61. The molecule has 0 unspecified atom stereocenters. The largest absolute Gasteiger partial charge is 0.507 e. The van der Waals surface area contributed by atoms with Gasteiger partial charge < -0.3 is 14.9 Å². The Kier molecular flexibility index (Phi) is 5.29. The van der Waals surface area contributed by atoms with E-state index in [1.807, 2.05) is 0 Å². The second kappa shape index (κ2) is 7.15. The van der Waals surface area contributed by atoms with Crippen LogP contribution in [0.4, 0.5) is 0 Å². The minimum absolute atomic E-state index is 0.0410. The molecule has 8 heteroatoms. The van der Waals surface area contributed by atoms with Gasteiger partial charge in [-0.05, 0) is 89.3 Å². The van der Waals surface area contributed by atoms with Crippen molar-refractivity contribution in [2.75, 3.05) is 0 Å². The summed E-state index contributed by atoms with van der Waals surface area (Å²) in [5.74, 6) is -0.231. The number of phenols is 2. The maximum atomic E-state index is 11.9. The Bertz CT molecular complexity index is 943. The minimum atomic E-state index is -0.649. The number of rotatable bonds is 2. The molecule has 0 atom stereocenters. The molecule has 2 aromatic carbocycles. The van der Waals surface area contributed by atoms with Gasteiger partial charge in [0.2, 0.25) is 0 Å². The molecule has 0 aromatic heterocycles. The van der Waals surface area contributed by atoms with E-state index in [4.69, 9.17) is 16.3 Å². The molecule has 0 bridgehead atoms. The van der Waals surface area contributed by atoms with E-state index in [9.17, 15) is 15.0 Å². The van der Waals surface area contributed by atoms with Gasteiger partial charge >= 0.3 is 5.97 Å². The molecule has 0 aliphatic carbocycles. The molecule has 0 saturated carbocycles. The number of aromatic hydroxyl groups is 2. The van der Waals surface area contributed by atoms with Crippen LogP contribution in [0.25, 0.3) is 11.6 Å². The number of esters is 1. The van der Waals surface area contributed by atoms with Crippen molar-refractivity contribution in [1.29, 1.82) is 0 Å². The lowest BCUT2D eigenvalue weighted by Gasteiger charge is -2.08. The average molecular weight is 551 g/mol. The van der Waals surface area contributed by atoms with E-state index in [1.54, 1.807) is 30.3 Å². The predicted molar refractivity (Wildman–Crippen MR) is 106 cm³/mol. The Balaban J connectivity index is 2.12. The summed E-state index contributed by atoms with van der Waals surface area (Å²) in [4.78, 5) is 11.9. The summed E-state index contributed by atoms with van der Waals surface area (Å²) in [7, 11) is 0. The number of benzene rings is 2. The van der Waals surface area contributed by atoms with Crippen molar-refractivity contribution >= 4 is 77.0 Å². The molecular weight excluding hydrogens is 543 g/mol. The van der Waals surface area contributed by atoms with Crippen LogP contribution < -0.4 is 0 Å². The van der Waals surface area contributed by atoms with Gasteiger partial charge in [0.1, 0.15) is 22.3 Å². The van der Waals surface area contributed by atoms with Gasteiger partial charge in [0.15, 0.2) is 0 Å². The Morgan fingerprint density at radius 1 is 1.00 bits per heavy atom. The van der Waals surface area contributed by atoms with Crippen LogP contribution in [0.1, 0.15) is 11.1 Å². The van der Waals surface area contributed by atoms with Crippen molar-refractivity contribution in [1.82, 2.24) is 0 Å². The number of halogens is 4. The highest BCUT2D eigenvalue weighted by atomic mass is 79.9. The number of ether oxygens (including phenoxy) is 1. The standard InChI is InChI=1S/C17H8Br3ClO4/c18-9-6-8(1-2-12(9)22)14-13(25-17(24)15(14)21)5-7-3-10(19)16(23)11(20)4-7/h1-6,22-23H/b13-5-. The lowest BCUT2D eigenvalue weighted by molar-refractivity contribution is -0.132. The molecule has 4 nitrogen and oxygen atoms in total. The fourth-order valence-corrected chi connectivity index (χ4v) is 4.10. The lowest BCUT2D eigenvalue weighted by Crippen LogP contribution is -1.93. The summed E-state index contributed by atoms with van der Waals surface area (Å²) in [5.41, 5.74) is 1.72. The van der Waals surface area contributed by atoms with Gasteiger partial charge in [-0.25, -0.2) is 4.79 Å². The van der Waals surface area contributed by atoms with Crippen molar-refractivity contribution in [3.8, 4) is 11.5 Å². The van der Waals surface area contributed by atoms with Crippen LogP contribution in [0.15, 0.2) is 54.5 Å². The summed E-state index contributed by atoms with van der Waals surface area (Å²) in [6.45, 7) is 0. The van der Waals surface area contributed by atoms with Crippen molar-refractivity contribution in [3.63, 3.8) is 0 Å². The molecule has 0 radical (unpaired) electrons. The first-order valence-electron chi connectivity index (χ1n) is 6.79. The Morgan fingerprint density at radius 3 is 2.24 bits per heavy atom. The first-order valence-corrected chi connectivity index (χ1v) is 9.54. The number of cyclic esters (lactones) is 1. The molecule has 1 aliphatic rings. The van der Waals surface area contributed by atoms with Crippen molar-refractivity contribution < 1.29 is 19.7 Å². The predicted octanol–water partition coefficient (Wildman–Crippen LogP) is 5.93. The first-order chi connectivity index (χ1) is 11.8. The average Bonchev–Trinajstić information content (AvgIpc) is 2.82. The Labute approximate surface area is 173 Å². The third-order valence-electron chi connectivity index (χ3n) is 3.42. The number of carbonyl (C=O) groups is 1. The van der Waals surface area contributed by atoms with Crippen LogP contribution in [-0.2, 0) is 9.53 Å². The molecule has 3 rings (SSSR count). The molecule has 0 saturated heterocycles. The highest BCUT2D eigenvalue weighted by Gasteiger charge is 2.30.